The van der Waals surface area contributed by atoms with Crippen molar-refractivity contribution in [2.75, 3.05) is 52.8 Å². The van der Waals surface area contributed by atoms with Crippen molar-refractivity contribution in [3.05, 3.63) is 24.8 Å². The highest BCUT2D eigenvalue weighted by molar-refractivity contribution is 5.87. The Labute approximate surface area is 244 Å². The van der Waals surface area contributed by atoms with Crippen LogP contribution in [0.15, 0.2) is 24.8 Å². The Morgan fingerprint density at radius 1 is 1.00 bits per heavy atom. The van der Waals surface area contributed by atoms with Crippen LogP contribution >= 0.6 is 0 Å². The van der Waals surface area contributed by atoms with E-state index in [1.807, 2.05) is 0 Å². The zero-order valence-corrected chi connectivity index (χ0v) is 25.3. The summed E-state index contributed by atoms with van der Waals surface area (Å²) in [6.45, 7) is 18.6. The predicted octanol–water partition coefficient (Wildman–Crippen LogP) is 3.48. The molecule has 0 saturated heterocycles. The fraction of sp³-hybridized carbons (Fsp3) is 0.759. The molecule has 4 unspecified atom stereocenters. The summed E-state index contributed by atoms with van der Waals surface area (Å²) < 4.78 is 31.4. The molecule has 4 atom stereocenters. The Kier molecular flexibility index (Phi) is 16.6. The van der Waals surface area contributed by atoms with Crippen LogP contribution in [-0.4, -0.2) is 94.5 Å². The van der Waals surface area contributed by atoms with E-state index in [2.05, 4.69) is 44.6 Å². The second-order valence-electron chi connectivity index (χ2n) is 11.6. The third-order valence-electron chi connectivity index (χ3n) is 6.28. The number of esters is 1. The highest BCUT2D eigenvalue weighted by Crippen LogP contribution is 2.45. The van der Waals surface area contributed by atoms with Gasteiger partial charge < -0.3 is 44.2 Å². The summed E-state index contributed by atoms with van der Waals surface area (Å²) in [6, 6.07) is -0.113. The number of nitrogens with one attached hydrogen (secondary N) is 2. The summed E-state index contributed by atoms with van der Waals surface area (Å²) in [4.78, 5) is 36.1. The van der Waals surface area contributed by atoms with Crippen molar-refractivity contribution < 1.29 is 47.9 Å². The van der Waals surface area contributed by atoms with E-state index < -0.39 is 30.5 Å². The molecule has 0 bridgehead atoms. The Bertz CT molecular complexity index is 849. The van der Waals surface area contributed by atoms with Gasteiger partial charge in [0.05, 0.1) is 33.0 Å². The maximum absolute atomic E-state index is 12.3. The van der Waals surface area contributed by atoms with E-state index in [0.29, 0.717) is 31.6 Å². The van der Waals surface area contributed by atoms with Crippen molar-refractivity contribution in [3.63, 3.8) is 0 Å². The molecule has 12 nitrogen and oxygen atoms in total. The maximum atomic E-state index is 12.3. The first-order valence-corrected chi connectivity index (χ1v) is 14.0. The van der Waals surface area contributed by atoms with Gasteiger partial charge in [-0.15, -0.1) is 0 Å². The fourth-order valence-electron chi connectivity index (χ4n) is 4.90. The molecule has 1 saturated carbocycles. The molecule has 236 valence electrons. The van der Waals surface area contributed by atoms with E-state index >= 15 is 0 Å². The number of aliphatic hydroxyl groups is 1. The molecule has 12 heteroatoms. The maximum Gasteiger partial charge on any atom is 0.407 e. The monoisotopic (exact) mass is 586 g/mol. The molecular weight excluding hydrogens is 536 g/mol. The minimum absolute atomic E-state index is 0.0528. The molecule has 1 aliphatic carbocycles. The highest BCUT2D eigenvalue weighted by atomic mass is 16.6. The molecular formula is C29H50N2O10. The van der Waals surface area contributed by atoms with Gasteiger partial charge in [0.2, 0.25) is 0 Å². The largest absolute Gasteiger partial charge is 0.457 e. The number of carbonyl (C=O) groups excluding carboxylic acids is 3. The quantitative estimate of drug-likeness (QED) is 0.0512. The first kappa shape index (κ1) is 36.4. The van der Waals surface area contributed by atoms with Gasteiger partial charge in [-0.1, -0.05) is 33.9 Å². The van der Waals surface area contributed by atoms with E-state index in [1.54, 1.807) is 13.8 Å². The Balaban J connectivity index is 2.29. The summed E-state index contributed by atoms with van der Waals surface area (Å²) in [5.41, 5.74) is 0.0281. The van der Waals surface area contributed by atoms with Crippen LogP contribution in [0, 0.1) is 10.8 Å². The lowest BCUT2D eigenvalue weighted by Crippen LogP contribution is -2.50. The van der Waals surface area contributed by atoms with Crippen molar-refractivity contribution in [2.45, 2.75) is 78.7 Å². The van der Waals surface area contributed by atoms with Gasteiger partial charge in [-0.2, -0.15) is 0 Å². The van der Waals surface area contributed by atoms with Crippen LogP contribution in [0.2, 0.25) is 0 Å². The number of rotatable bonds is 19. The second kappa shape index (κ2) is 18.7. The number of alkyl carbamates (subject to hydrolysis) is 2. The van der Waals surface area contributed by atoms with Crippen LogP contribution in [0.4, 0.5) is 9.59 Å². The molecule has 0 aromatic heterocycles. The molecule has 41 heavy (non-hydrogen) atoms. The van der Waals surface area contributed by atoms with Crippen molar-refractivity contribution in [2.24, 2.45) is 10.8 Å². The van der Waals surface area contributed by atoms with Crippen molar-refractivity contribution in [1.29, 1.82) is 0 Å². The number of ether oxygens (including phenoxy) is 6. The van der Waals surface area contributed by atoms with Gasteiger partial charge in [0.15, 0.2) is 6.29 Å². The van der Waals surface area contributed by atoms with E-state index in [4.69, 9.17) is 28.4 Å². The second-order valence-corrected chi connectivity index (χ2v) is 11.6. The normalized spacial score (nSPS) is 21.2. The van der Waals surface area contributed by atoms with Crippen LogP contribution in [0.5, 0.6) is 0 Å². The van der Waals surface area contributed by atoms with E-state index in [0.717, 1.165) is 12.8 Å². The molecule has 0 heterocycles. The van der Waals surface area contributed by atoms with Gasteiger partial charge in [0.25, 0.3) is 0 Å². The summed E-state index contributed by atoms with van der Waals surface area (Å²) in [5, 5.41) is 15.0. The van der Waals surface area contributed by atoms with Gasteiger partial charge in [0.1, 0.15) is 12.7 Å². The molecule has 0 aliphatic heterocycles. The van der Waals surface area contributed by atoms with Gasteiger partial charge in [0, 0.05) is 31.2 Å². The molecule has 1 fully saturated rings. The highest BCUT2D eigenvalue weighted by Gasteiger charge is 2.42. The third kappa shape index (κ3) is 17.0. The fourth-order valence-corrected chi connectivity index (χ4v) is 4.90. The zero-order valence-electron chi connectivity index (χ0n) is 25.3. The average molecular weight is 587 g/mol. The van der Waals surface area contributed by atoms with Gasteiger partial charge in [-0.05, 0) is 50.0 Å². The van der Waals surface area contributed by atoms with Crippen molar-refractivity contribution >= 4 is 18.2 Å². The molecule has 0 aromatic carbocycles. The van der Waals surface area contributed by atoms with Crippen LogP contribution in [-0.2, 0) is 33.2 Å². The summed E-state index contributed by atoms with van der Waals surface area (Å²) >= 11 is 0. The molecule has 0 spiro atoms. The SMILES string of the molecule is C=CC(O)OCCOCCOC(=O)NC1CC(C)(C)CC(C)(CNC(=O)OCCCOCC(C)OC(=O)C(=C)C)C1. The average Bonchev–Trinajstić information content (AvgIpc) is 2.87. The first-order chi connectivity index (χ1) is 19.2. The summed E-state index contributed by atoms with van der Waals surface area (Å²) in [7, 11) is 0. The number of aliphatic hydroxyl groups excluding tert-OH is 1. The van der Waals surface area contributed by atoms with Crippen molar-refractivity contribution in [1.82, 2.24) is 10.6 Å². The van der Waals surface area contributed by atoms with Crippen LogP contribution in [0.3, 0.4) is 0 Å². The topological polar surface area (TPSA) is 151 Å². The molecule has 1 aliphatic rings. The van der Waals surface area contributed by atoms with Crippen molar-refractivity contribution in [3.8, 4) is 0 Å². The van der Waals surface area contributed by atoms with Gasteiger partial charge >= 0.3 is 18.2 Å². The standard InChI is InChI=1S/C29H50N2O10/c1-8-24(32)38-14-12-36-13-15-40-27(35)31-23-16-28(5,6)19-29(7,17-23)20-30-26(34)39-11-9-10-37-18-22(4)41-25(33)21(2)3/h8,22-24,32H,1-2,9-20H2,3-7H3,(H,30,34)(H,31,35). The first-order valence-electron chi connectivity index (χ1n) is 14.0. The lowest BCUT2D eigenvalue weighted by molar-refractivity contribution is -0.146. The minimum Gasteiger partial charge on any atom is -0.457 e. The third-order valence-corrected chi connectivity index (χ3v) is 6.28. The van der Waals surface area contributed by atoms with Gasteiger partial charge in [-0.3, -0.25) is 0 Å². The molecule has 0 aromatic rings. The molecule has 1 rings (SSSR count). The zero-order chi connectivity index (χ0) is 30.9. The van der Waals surface area contributed by atoms with Crippen LogP contribution in [0.1, 0.15) is 60.3 Å². The summed E-state index contributed by atoms with van der Waals surface area (Å²) in [5.74, 6) is -0.454. The van der Waals surface area contributed by atoms with Crippen LogP contribution < -0.4 is 10.6 Å². The molecule has 2 amide bonds. The predicted molar refractivity (Wildman–Crippen MR) is 152 cm³/mol. The smallest absolute Gasteiger partial charge is 0.407 e. The number of hydrogen-bond acceptors (Lipinski definition) is 10. The number of amides is 2. The molecule has 0 radical (unpaired) electrons. The Morgan fingerprint density at radius 2 is 1.68 bits per heavy atom. The Hall–Kier alpha value is -2.67. The number of carbonyl (C=O) groups is 3. The van der Waals surface area contributed by atoms with Gasteiger partial charge in [-0.25, -0.2) is 14.4 Å². The Morgan fingerprint density at radius 3 is 2.37 bits per heavy atom. The molecule has 3 N–H and O–H groups in total. The number of hydrogen-bond donors (Lipinski definition) is 3. The lowest BCUT2D eigenvalue weighted by atomic mass is 9.62. The van der Waals surface area contributed by atoms with E-state index in [1.165, 1.54) is 6.08 Å². The van der Waals surface area contributed by atoms with E-state index in [9.17, 15) is 19.5 Å². The van der Waals surface area contributed by atoms with E-state index in [-0.39, 0.29) is 56.5 Å². The lowest BCUT2D eigenvalue weighted by Gasteiger charge is -2.46. The minimum atomic E-state index is -1.03. The summed E-state index contributed by atoms with van der Waals surface area (Å²) in [6.07, 6.45) is 1.65. The van der Waals surface area contributed by atoms with Crippen LogP contribution in [0.25, 0.3) is 0 Å².